The minimum absolute atomic E-state index is 0.162. The molecule has 0 bridgehead atoms. The third-order valence-corrected chi connectivity index (χ3v) is 5.03. The van der Waals surface area contributed by atoms with Crippen LogP contribution < -0.4 is 4.72 Å². The molecule has 6 heteroatoms. The topological polar surface area (TPSA) is 69.6 Å². The molecule has 1 heterocycles. The predicted octanol–water partition coefficient (Wildman–Crippen LogP) is 0.961. The van der Waals surface area contributed by atoms with Crippen LogP contribution in [0.4, 0.5) is 0 Å². The number of piperidine rings is 1. The van der Waals surface area contributed by atoms with Crippen LogP contribution in [0.1, 0.15) is 39.5 Å². The molecule has 0 aromatic heterocycles. The van der Waals surface area contributed by atoms with Crippen molar-refractivity contribution in [2.45, 2.75) is 39.5 Å². The highest BCUT2D eigenvalue weighted by molar-refractivity contribution is 7.87. The Balaban J connectivity index is 2.31. The first-order chi connectivity index (χ1) is 8.45. The van der Waals surface area contributed by atoms with Crippen molar-refractivity contribution >= 4 is 10.2 Å². The van der Waals surface area contributed by atoms with Gasteiger partial charge in [0.2, 0.25) is 0 Å². The Bertz CT molecular complexity index is 322. The smallest absolute Gasteiger partial charge is 0.279 e. The molecule has 1 saturated heterocycles. The Morgan fingerprint density at radius 3 is 2.44 bits per heavy atom. The molecule has 5 nitrogen and oxygen atoms in total. The van der Waals surface area contributed by atoms with Gasteiger partial charge in [-0.25, -0.2) is 4.72 Å². The van der Waals surface area contributed by atoms with Gasteiger partial charge in [-0.3, -0.25) is 0 Å². The van der Waals surface area contributed by atoms with E-state index in [2.05, 4.69) is 18.6 Å². The predicted molar refractivity (Wildman–Crippen MR) is 72.4 cm³/mol. The first-order valence-corrected chi connectivity index (χ1v) is 8.25. The summed E-state index contributed by atoms with van der Waals surface area (Å²) in [6.45, 7) is 5.98. The molecule has 0 saturated carbocycles. The molecular formula is C12H26N2O3S. The Morgan fingerprint density at radius 2 is 1.94 bits per heavy atom. The number of nitrogens with zero attached hydrogens (tertiary/aromatic N) is 1. The summed E-state index contributed by atoms with van der Waals surface area (Å²) in [7, 11) is -3.31. The van der Waals surface area contributed by atoms with Crippen LogP contribution >= 0.6 is 0 Å². The fraction of sp³-hybridized carbons (Fsp3) is 1.00. The third kappa shape index (κ3) is 5.22. The summed E-state index contributed by atoms with van der Waals surface area (Å²) in [6.07, 6.45) is 3.42. The van der Waals surface area contributed by atoms with Gasteiger partial charge in [0.15, 0.2) is 0 Å². The first-order valence-electron chi connectivity index (χ1n) is 6.81. The zero-order valence-electron chi connectivity index (χ0n) is 11.4. The van der Waals surface area contributed by atoms with E-state index in [4.69, 9.17) is 5.11 Å². The lowest BCUT2D eigenvalue weighted by Crippen LogP contribution is -2.45. The minimum Gasteiger partial charge on any atom is -0.396 e. The largest absolute Gasteiger partial charge is 0.396 e. The lowest BCUT2D eigenvalue weighted by atomic mass is 10.00. The number of hydrogen-bond donors (Lipinski definition) is 2. The number of nitrogens with one attached hydrogen (secondary N) is 1. The zero-order valence-corrected chi connectivity index (χ0v) is 12.2. The van der Waals surface area contributed by atoms with Gasteiger partial charge in [-0.05, 0) is 37.5 Å². The lowest BCUT2D eigenvalue weighted by molar-refractivity contribution is 0.169. The Hall–Kier alpha value is -0.170. The van der Waals surface area contributed by atoms with Gasteiger partial charge < -0.3 is 5.11 Å². The van der Waals surface area contributed by atoms with E-state index in [1.54, 1.807) is 0 Å². The van der Waals surface area contributed by atoms with Crippen molar-refractivity contribution in [3.63, 3.8) is 0 Å². The summed E-state index contributed by atoms with van der Waals surface area (Å²) in [6, 6.07) is 0. The number of rotatable bonds is 7. The van der Waals surface area contributed by atoms with Crippen LogP contribution in [0.15, 0.2) is 0 Å². The molecule has 0 atom stereocenters. The maximum absolute atomic E-state index is 12.0. The summed E-state index contributed by atoms with van der Waals surface area (Å²) in [5, 5.41) is 9.02. The highest BCUT2D eigenvalue weighted by atomic mass is 32.2. The monoisotopic (exact) mass is 278 g/mol. The second kappa shape index (κ2) is 7.43. The van der Waals surface area contributed by atoms with E-state index < -0.39 is 10.2 Å². The highest BCUT2D eigenvalue weighted by Gasteiger charge is 2.26. The SMILES string of the molecule is CC(C)CCCNS(=O)(=O)N1CCC(CO)CC1. The normalized spacial score (nSPS) is 19.6. The Labute approximate surface area is 111 Å². The summed E-state index contributed by atoms with van der Waals surface area (Å²) < 4.78 is 28.1. The molecule has 108 valence electrons. The number of aliphatic hydroxyl groups is 1. The van der Waals surface area contributed by atoms with Crippen molar-refractivity contribution in [2.24, 2.45) is 11.8 Å². The average molecular weight is 278 g/mol. The van der Waals surface area contributed by atoms with Crippen LogP contribution in [0.25, 0.3) is 0 Å². The Kier molecular flexibility index (Phi) is 6.55. The first kappa shape index (κ1) is 15.9. The molecule has 1 aliphatic rings. The van der Waals surface area contributed by atoms with Gasteiger partial charge in [-0.1, -0.05) is 13.8 Å². The van der Waals surface area contributed by atoms with E-state index in [1.165, 1.54) is 4.31 Å². The van der Waals surface area contributed by atoms with E-state index in [-0.39, 0.29) is 12.5 Å². The second-order valence-corrected chi connectivity index (χ2v) is 7.22. The van der Waals surface area contributed by atoms with Gasteiger partial charge in [0.1, 0.15) is 0 Å². The maximum atomic E-state index is 12.0. The van der Waals surface area contributed by atoms with Crippen LogP contribution in [0.2, 0.25) is 0 Å². The molecule has 2 N–H and O–H groups in total. The van der Waals surface area contributed by atoms with Gasteiger partial charge in [0.05, 0.1) is 0 Å². The van der Waals surface area contributed by atoms with Crippen LogP contribution in [-0.4, -0.2) is 44.1 Å². The highest BCUT2D eigenvalue weighted by Crippen LogP contribution is 2.18. The van der Waals surface area contributed by atoms with Crippen molar-refractivity contribution in [3.05, 3.63) is 0 Å². The maximum Gasteiger partial charge on any atom is 0.279 e. The summed E-state index contributed by atoms with van der Waals surface area (Å²) in [4.78, 5) is 0. The molecule has 0 aromatic rings. The number of hydrogen-bond acceptors (Lipinski definition) is 3. The van der Waals surface area contributed by atoms with Crippen molar-refractivity contribution in [3.8, 4) is 0 Å². The average Bonchev–Trinajstić information content (AvgIpc) is 2.34. The molecule has 1 fully saturated rings. The van der Waals surface area contributed by atoms with Gasteiger partial charge in [-0.2, -0.15) is 12.7 Å². The summed E-state index contributed by atoms with van der Waals surface area (Å²) in [5.74, 6) is 0.868. The lowest BCUT2D eigenvalue weighted by Gasteiger charge is -2.30. The molecule has 0 radical (unpaired) electrons. The molecule has 0 aromatic carbocycles. The molecule has 0 unspecified atom stereocenters. The molecule has 1 aliphatic heterocycles. The molecular weight excluding hydrogens is 252 g/mol. The van der Waals surface area contributed by atoms with Gasteiger partial charge in [0, 0.05) is 26.2 Å². The summed E-state index contributed by atoms with van der Waals surface area (Å²) >= 11 is 0. The van der Waals surface area contributed by atoms with Crippen molar-refractivity contribution in [1.29, 1.82) is 0 Å². The van der Waals surface area contributed by atoms with Gasteiger partial charge in [-0.15, -0.1) is 0 Å². The van der Waals surface area contributed by atoms with Gasteiger partial charge in [0.25, 0.3) is 10.2 Å². The standard InChI is InChI=1S/C12H26N2O3S/c1-11(2)4-3-7-13-18(16,17)14-8-5-12(10-15)6-9-14/h11-13,15H,3-10H2,1-2H3. The molecule has 0 spiro atoms. The van der Waals surface area contributed by atoms with E-state index in [1.807, 2.05) is 0 Å². The Morgan fingerprint density at radius 1 is 1.33 bits per heavy atom. The fourth-order valence-electron chi connectivity index (χ4n) is 2.13. The number of aliphatic hydroxyl groups excluding tert-OH is 1. The van der Waals surface area contributed by atoms with Crippen LogP contribution in [0, 0.1) is 11.8 Å². The van der Waals surface area contributed by atoms with Crippen LogP contribution in [-0.2, 0) is 10.2 Å². The zero-order chi connectivity index (χ0) is 13.6. The van der Waals surface area contributed by atoms with E-state index in [0.717, 1.165) is 25.7 Å². The minimum atomic E-state index is -3.31. The molecule has 0 aliphatic carbocycles. The van der Waals surface area contributed by atoms with Crippen molar-refractivity contribution in [1.82, 2.24) is 9.03 Å². The van der Waals surface area contributed by atoms with E-state index in [9.17, 15) is 8.42 Å². The molecule has 1 rings (SSSR count). The van der Waals surface area contributed by atoms with Crippen molar-refractivity contribution in [2.75, 3.05) is 26.2 Å². The summed E-state index contributed by atoms with van der Waals surface area (Å²) in [5.41, 5.74) is 0. The van der Waals surface area contributed by atoms with E-state index >= 15 is 0 Å². The van der Waals surface area contributed by atoms with Crippen molar-refractivity contribution < 1.29 is 13.5 Å². The quantitative estimate of drug-likeness (QED) is 0.682. The molecule has 0 amide bonds. The van der Waals surface area contributed by atoms with Crippen LogP contribution in [0.3, 0.4) is 0 Å². The van der Waals surface area contributed by atoms with Crippen LogP contribution in [0.5, 0.6) is 0 Å². The fourth-order valence-corrected chi connectivity index (χ4v) is 3.41. The second-order valence-electron chi connectivity index (χ2n) is 5.46. The molecule has 18 heavy (non-hydrogen) atoms. The van der Waals surface area contributed by atoms with Gasteiger partial charge >= 0.3 is 0 Å². The van der Waals surface area contributed by atoms with E-state index in [0.29, 0.717) is 25.6 Å². The third-order valence-electron chi connectivity index (χ3n) is 3.41.